The van der Waals surface area contributed by atoms with Crippen LogP contribution in [0.15, 0.2) is 59.8 Å². The van der Waals surface area contributed by atoms with Crippen LogP contribution >= 0.6 is 0 Å². The van der Waals surface area contributed by atoms with Crippen LogP contribution in [0.2, 0.25) is 0 Å². The third kappa shape index (κ3) is 2.99. The Balaban J connectivity index is 1.92. The fourth-order valence-electron chi connectivity index (χ4n) is 3.73. The Hall–Kier alpha value is -3.08. The van der Waals surface area contributed by atoms with E-state index in [4.69, 9.17) is 9.72 Å². The highest BCUT2D eigenvalue weighted by Gasteiger charge is 2.32. The van der Waals surface area contributed by atoms with E-state index in [1.807, 2.05) is 55.5 Å². The lowest BCUT2D eigenvalue weighted by atomic mass is 9.92. The van der Waals surface area contributed by atoms with E-state index in [-0.39, 0.29) is 11.8 Å². The second kappa shape index (κ2) is 6.91. The van der Waals surface area contributed by atoms with Gasteiger partial charge in [0.25, 0.3) is 0 Å². The Labute approximate surface area is 158 Å². The molecule has 0 saturated heterocycles. The van der Waals surface area contributed by atoms with Crippen LogP contribution < -0.4 is 10.1 Å². The van der Waals surface area contributed by atoms with E-state index in [0.717, 1.165) is 46.0 Å². The maximum atomic E-state index is 12.6. The number of para-hydroxylation sites is 2. The zero-order chi connectivity index (χ0) is 19.0. The topological polar surface area (TPSA) is 56.1 Å². The Morgan fingerprint density at radius 1 is 1.22 bits per heavy atom. The molecule has 1 aliphatic rings. The molecule has 0 aliphatic carbocycles. The number of carbonyl (C=O) groups excluding carboxylic acids is 1. The van der Waals surface area contributed by atoms with Crippen molar-refractivity contribution < 1.29 is 9.53 Å². The molecule has 1 N–H and O–H groups in total. The number of allylic oxidation sites excluding steroid dienone is 2. The number of nitrogens with zero attached hydrogens (tertiary/aromatic N) is 2. The SMILES string of the molecule is CCCOc1cccc(C2C(C(C)=O)=C(C)Nc3nc4ccccc4n32)c1. The van der Waals surface area contributed by atoms with Crippen LogP contribution in [0.4, 0.5) is 5.95 Å². The summed E-state index contributed by atoms with van der Waals surface area (Å²) >= 11 is 0. The average Bonchev–Trinajstić information content (AvgIpc) is 3.03. The quantitative estimate of drug-likeness (QED) is 0.715. The van der Waals surface area contributed by atoms with Gasteiger partial charge >= 0.3 is 0 Å². The zero-order valence-electron chi connectivity index (χ0n) is 15.8. The molecule has 4 rings (SSSR count). The summed E-state index contributed by atoms with van der Waals surface area (Å²) in [5, 5.41) is 3.31. The van der Waals surface area contributed by atoms with Crippen molar-refractivity contribution in [2.24, 2.45) is 0 Å². The van der Waals surface area contributed by atoms with Gasteiger partial charge in [-0.1, -0.05) is 31.2 Å². The number of rotatable bonds is 5. The molecule has 5 heteroatoms. The van der Waals surface area contributed by atoms with Gasteiger partial charge in [-0.05, 0) is 50.1 Å². The van der Waals surface area contributed by atoms with Crippen LogP contribution in [0.3, 0.4) is 0 Å². The molecule has 3 aromatic rings. The van der Waals surface area contributed by atoms with Gasteiger partial charge in [-0.3, -0.25) is 9.36 Å². The molecule has 5 nitrogen and oxygen atoms in total. The van der Waals surface area contributed by atoms with E-state index in [2.05, 4.69) is 16.8 Å². The minimum Gasteiger partial charge on any atom is -0.494 e. The van der Waals surface area contributed by atoms with Crippen molar-refractivity contribution in [2.45, 2.75) is 33.2 Å². The molecule has 1 unspecified atom stereocenters. The Morgan fingerprint density at radius 2 is 2.04 bits per heavy atom. The van der Waals surface area contributed by atoms with Crippen LogP contribution in [0.5, 0.6) is 5.75 Å². The summed E-state index contributed by atoms with van der Waals surface area (Å²) in [4.78, 5) is 17.3. The molecule has 1 aromatic heterocycles. The zero-order valence-corrected chi connectivity index (χ0v) is 15.8. The predicted octanol–water partition coefficient (Wildman–Crippen LogP) is 4.70. The largest absolute Gasteiger partial charge is 0.494 e. The van der Waals surface area contributed by atoms with Crippen LogP contribution in [0, 0.1) is 0 Å². The van der Waals surface area contributed by atoms with Crippen molar-refractivity contribution in [3.63, 3.8) is 0 Å². The highest BCUT2D eigenvalue weighted by atomic mass is 16.5. The first-order chi connectivity index (χ1) is 13.1. The Kier molecular flexibility index (Phi) is 4.44. The molecule has 27 heavy (non-hydrogen) atoms. The number of imidazole rings is 1. The molecule has 0 spiro atoms. The van der Waals surface area contributed by atoms with Crippen molar-refractivity contribution in [2.75, 3.05) is 11.9 Å². The highest BCUT2D eigenvalue weighted by Crippen LogP contribution is 2.40. The van der Waals surface area contributed by atoms with Gasteiger partial charge in [-0.15, -0.1) is 0 Å². The van der Waals surface area contributed by atoms with Gasteiger partial charge in [0.15, 0.2) is 5.78 Å². The van der Waals surface area contributed by atoms with E-state index < -0.39 is 0 Å². The van der Waals surface area contributed by atoms with E-state index >= 15 is 0 Å². The summed E-state index contributed by atoms with van der Waals surface area (Å²) < 4.78 is 7.93. The molecule has 138 valence electrons. The Morgan fingerprint density at radius 3 is 2.81 bits per heavy atom. The molecule has 2 heterocycles. The van der Waals surface area contributed by atoms with E-state index in [1.165, 1.54) is 0 Å². The molecule has 0 bridgehead atoms. The standard InChI is InChI=1S/C22H23N3O2/c1-4-12-27-17-9-7-8-16(13-17)21-20(15(3)26)14(2)23-22-24-18-10-5-6-11-19(18)25(21)22/h5-11,13,21H,4,12H2,1-3H3,(H,23,24). The first-order valence-electron chi connectivity index (χ1n) is 9.28. The lowest BCUT2D eigenvalue weighted by Crippen LogP contribution is -2.27. The number of aromatic nitrogens is 2. The normalized spacial score (nSPS) is 16.2. The van der Waals surface area contributed by atoms with Gasteiger partial charge in [0.1, 0.15) is 5.75 Å². The number of anilines is 1. The number of carbonyl (C=O) groups is 1. The van der Waals surface area contributed by atoms with Crippen LogP contribution in [0.25, 0.3) is 11.0 Å². The van der Waals surface area contributed by atoms with Gasteiger partial charge in [0.05, 0.1) is 23.7 Å². The van der Waals surface area contributed by atoms with Gasteiger partial charge in [0.2, 0.25) is 5.95 Å². The maximum Gasteiger partial charge on any atom is 0.209 e. The van der Waals surface area contributed by atoms with Crippen molar-refractivity contribution in [3.05, 3.63) is 65.4 Å². The number of ether oxygens (including phenoxy) is 1. The van der Waals surface area contributed by atoms with Crippen molar-refractivity contribution in [1.29, 1.82) is 0 Å². The summed E-state index contributed by atoms with van der Waals surface area (Å²) in [7, 11) is 0. The number of benzene rings is 2. The maximum absolute atomic E-state index is 12.6. The molecule has 0 amide bonds. The van der Waals surface area contributed by atoms with Crippen LogP contribution in [0.1, 0.15) is 38.8 Å². The molecule has 1 aliphatic heterocycles. The van der Waals surface area contributed by atoms with E-state index in [9.17, 15) is 4.79 Å². The first kappa shape index (κ1) is 17.3. The number of Topliss-reactive ketones (excluding diaryl/α,β-unsaturated/α-hetero) is 1. The molecule has 0 fully saturated rings. The number of hydrogen-bond acceptors (Lipinski definition) is 4. The predicted molar refractivity (Wildman–Crippen MR) is 107 cm³/mol. The summed E-state index contributed by atoms with van der Waals surface area (Å²) in [5.74, 6) is 1.62. The van der Waals surface area contributed by atoms with Crippen molar-refractivity contribution >= 4 is 22.8 Å². The molecule has 1 atom stereocenters. The molecule has 2 aromatic carbocycles. The Bertz CT molecular complexity index is 1050. The van der Waals surface area contributed by atoms with Gasteiger partial charge < -0.3 is 10.1 Å². The molecular weight excluding hydrogens is 338 g/mol. The molecular formula is C22H23N3O2. The highest BCUT2D eigenvalue weighted by molar-refractivity contribution is 5.97. The lowest BCUT2D eigenvalue weighted by Gasteiger charge is -2.30. The number of hydrogen-bond donors (Lipinski definition) is 1. The number of fused-ring (bicyclic) bond motifs is 3. The third-order valence-corrected chi connectivity index (χ3v) is 4.86. The minimum absolute atomic E-state index is 0.0494. The fourth-order valence-corrected chi connectivity index (χ4v) is 3.73. The summed E-state index contributed by atoms with van der Waals surface area (Å²) in [5.41, 5.74) is 4.50. The lowest BCUT2D eigenvalue weighted by molar-refractivity contribution is -0.114. The summed E-state index contributed by atoms with van der Waals surface area (Å²) in [6.07, 6.45) is 0.950. The van der Waals surface area contributed by atoms with Crippen molar-refractivity contribution in [3.8, 4) is 5.75 Å². The van der Waals surface area contributed by atoms with E-state index in [0.29, 0.717) is 6.61 Å². The molecule has 0 saturated carbocycles. The van der Waals surface area contributed by atoms with Gasteiger partial charge in [-0.25, -0.2) is 4.98 Å². The van der Waals surface area contributed by atoms with Gasteiger partial charge in [-0.2, -0.15) is 0 Å². The molecule has 0 radical (unpaired) electrons. The number of nitrogens with one attached hydrogen (secondary N) is 1. The van der Waals surface area contributed by atoms with E-state index in [1.54, 1.807) is 6.92 Å². The smallest absolute Gasteiger partial charge is 0.209 e. The fraction of sp³-hybridized carbons (Fsp3) is 0.273. The van der Waals surface area contributed by atoms with Gasteiger partial charge in [0, 0.05) is 11.3 Å². The summed E-state index contributed by atoms with van der Waals surface area (Å²) in [6.45, 7) is 6.31. The first-order valence-corrected chi connectivity index (χ1v) is 9.28. The second-order valence-corrected chi connectivity index (χ2v) is 6.84. The average molecular weight is 361 g/mol. The minimum atomic E-state index is -0.240. The van der Waals surface area contributed by atoms with Crippen LogP contribution in [-0.4, -0.2) is 21.9 Å². The second-order valence-electron chi connectivity index (χ2n) is 6.84. The third-order valence-electron chi connectivity index (χ3n) is 4.86. The van der Waals surface area contributed by atoms with Crippen LogP contribution in [-0.2, 0) is 4.79 Å². The number of ketones is 1. The monoisotopic (exact) mass is 361 g/mol. The summed E-state index contributed by atoms with van der Waals surface area (Å²) in [6, 6.07) is 15.8. The van der Waals surface area contributed by atoms with Crippen molar-refractivity contribution in [1.82, 2.24) is 9.55 Å².